The fraction of sp³-hybridized carbons (Fsp3) is 0.143. The second-order valence-corrected chi connectivity index (χ2v) is 3.53. The summed E-state index contributed by atoms with van der Waals surface area (Å²) in [6, 6.07) is 18.8. The molecular formula is C14H12Y2-2. The van der Waals surface area contributed by atoms with E-state index in [0.717, 1.165) is 11.1 Å². The molecule has 76 valence electrons. The van der Waals surface area contributed by atoms with E-state index in [-0.39, 0.29) is 65.4 Å². The van der Waals surface area contributed by atoms with Crippen LogP contribution in [0.3, 0.4) is 0 Å². The first-order valence-electron chi connectivity index (χ1n) is 4.73. The molecule has 0 N–H and O–H groups in total. The van der Waals surface area contributed by atoms with Gasteiger partial charge in [-0.15, -0.1) is 23.3 Å². The molecule has 0 bridgehead atoms. The minimum absolute atomic E-state index is 0. The Hall–Kier alpha value is 0.648. The van der Waals surface area contributed by atoms with Gasteiger partial charge in [-0.2, -0.15) is 36.4 Å². The van der Waals surface area contributed by atoms with Crippen molar-refractivity contribution in [3.63, 3.8) is 0 Å². The van der Waals surface area contributed by atoms with Gasteiger partial charge in [-0.25, -0.2) is 11.1 Å². The van der Waals surface area contributed by atoms with Gasteiger partial charge >= 0.3 is 0 Å². The van der Waals surface area contributed by atoms with Crippen LogP contribution in [0.2, 0.25) is 0 Å². The van der Waals surface area contributed by atoms with Crippen LogP contribution < -0.4 is 0 Å². The molecule has 0 fully saturated rings. The minimum Gasteiger partial charge on any atom is -0.226 e. The van der Waals surface area contributed by atoms with E-state index >= 15 is 0 Å². The molecule has 2 radical (unpaired) electrons. The molecule has 2 aromatic rings. The first-order chi connectivity index (χ1) is 6.75. The van der Waals surface area contributed by atoms with Crippen LogP contribution in [0.1, 0.15) is 11.1 Å². The van der Waals surface area contributed by atoms with Crippen LogP contribution in [0.5, 0.6) is 0 Å². The second kappa shape index (κ2) is 7.87. The number of hydrogen-bond acceptors (Lipinski definition) is 0. The van der Waals surface area contributed by atoms with E-state index < -0.39 is 0 Å². The molecule has 0 saturated heterocycles. The third-order valence-corrected chi connectivity index (χ3v) is 2.15. The number of aryl methyl sites for hydroxylation is 2. The van der Waals surface area contributed by atoms with E-state index in [1.165, 1.54) is 11.1 Å². The summed E-state index contributed by atoms with van der Waals surface area (Å²) in [5, 5.41) is 0. The normalized spacial score (nSPS) is 8.88. The average Bonchev–Trinajstić information content (AvgIpc) is 2.18. The first-order valence-corrected chi connectivity index (χ1v) is 4.73. The monoisotopic (exact) mass is 358 g/mol. The molecule has 2 rings (SSSR count). The summed E-state index contributed by atoms with van der Waals surface area (Å²) >= 11 is 0. The second-order valence-electron chi connectivity index (χ2n) is 3.53. The van der Waals surface area contributed by atoms with Gasteiger partial charge in [0.1, 0.15) is 0 Å². The summed E-state index contributed by atoms with van der Waals surface area (Å²) in [7, 11) is 0. The maximum Gasteiger partial charge on any atom is 0 e. The summed E-state index contributed by atoms with van der Waals surface area (Å²) in [6.07, 6.45) is 0. The van der Waals surface area contributed by atoms with Gasteiger partial charge in [0.05, 0.1) is 0 Å². The van der Waals surface area contributed by atoms with Crippen LogP contribution in [-0.2, 0) is 65.4 Å². The molecular weight excluding hydrogens is 346 g/mol. The van der Waals surface area contributed by atoms with Crippen LogP contribution in [0.4, 0.5) is 0 Å². The van der Waals surface area contributed by atoms with Crippen LogP contribution in [0, 0.1) is 26.0 Å². The van der Waals surface area contributed by atoms with Crippen molar-refractivity contribution in [1.29, 1.82) is 0 Å². The fourth-order valence-electron chi connectivity index (χ4n) is 1.60. The molecule has 2 aromatic carbocycles. The zero-order valence-electron chi connectivity index (χ0n) is 9.62. The first kappa shape index (κ1) is 16.6. The zero-order valence-corrected chi connectivity index (χ0v) is 15.3. The SMILES string of the molecule is Cc1[c-]c(-c2[c-]cccc2)cc(C)c1.[Y].[Y]. The van der Waals surface area contributed by atoms with E-state index in [4.69, 9.17) is 0 Å². The Kier molecular flexibility index (Phi) is 8.19. The van der Waals surface area contributed by atoms with Gasteiger partial charge in [-0.1, -0.05) is 13.8 Å². The van der Waals surface area contributed by atoms with Gasteiger partial charge in [-0.3, -0.25) is 0 Å². The van der Waals surface area contributed by atoms with Crippen molar-refractivity contribution in [1.82, 2.24) is 0 Å². The predicted octanol–water partition coefficient (Wildman–Crippen LogP) is 3.57. The van der Waals surface area contributed by atoms with Gasteiger partial charge in [0.25, 0.3) is 0 Å². The van der Waals surface area contributed by atoms with E-state index in [9.17, 15) is 0 Å². The summed E-state index contributed by atoms with van der Waals surface area (Å²) in [6.45, 7) is 4.17. The van der Waals surface area contributed by atoms with Crippen LogP contribution >= 0.6 is 0 Å². The number of benzene rings is 2. The molecule has 0 heterocycles. The van der Waals surface area contributed by atoms with Crippen molar-refractivity contribution in [2.24, 2.45) is 0 Å². The van der Waals surface area contributed by atoms with Crippen molar-refractivity contribution in [2.45, 2.75) is 13.8 Å². The molecule has 0 aliphatic carbocycles. The Bertz CT molecular complexity index is 415. The van der Waals surface area contributed by atoms with E-state index in [1.807, 2.05) is 18.2 Å². The summed E-state index contributed by atoms with van der Waals surface area (Å²) in [4.78, 5) is 0. The van der Waals surface area contributed by atoms with Gasteiger partial charge < -0.3 is 0 Å². The number of hydrogen-bond donors (Lipinski definition) is 0. The molecule has 2 heteroatoms. The fourth-order valence-corrected chi connectivity index (χ4v) is 1.60. The van der Waals surface area contributed by atoms with Crippen molar-refractivity contribution in [3.05, 3.63) is 59.7 Å². The van der Waals surface area contributed by atoms with Gasteiger partial charge in [-0.05, 0) is 0 Å². The largest absolute Gasteiger partial charge is 0.226 e. The third kappa shape index (κ3) is 4.49. The molecule has 0 aromatic heterocycles. The summed E-state index contributed by atoms with van der Waals surface area (Å²) in [5.41, 5.74) is 4.69. The Labute approximate surface area is 148 Å². The molecule has 0 spiro atoms. The predicted molar refractivity (Wildman–Crippen MR) is 59.0 cm³/mol. The topological polar surface area (TPSA) is 0 Å². The molecule has 16 heavy (non-hydrogen) atoms. The Morgan fingerprint density at radius 2 is 1.69 bits per heavy atom. The molecule has 0 saturated carbocycles. The molecule has 0 aliphatic heterocycles. The van der Waals surface area contributed by atoms with E-state index in [1.54, 1.807) is 0 Å². The molecule has 0 aliphatic rings. The Morgan fingerprint density at radius 3 is 2.25 bits per heavy atom. The van der Waals surface area contributed by atoms with Crippen molar-refractivity contribution >= 4 is 0 Å². The molecule has 0 atom stereocenters. The molecule has 0 amide bonds. The summed E-state index contributed by atoms with van der Waals surface area (Å²) < 4.78 is 0. The van der Waals surface area contributed by atoms with E-state index in [0.29, 0.717) is 0 Å². The Balaban J connectivity index is 0.00000112. The van der Waals surface area contributed by atoms with Crippen molar-refractivity contribution in [3.8, 4) is 11.1 Å². The molecule has 0 unspecified atom stereocenters. The smallest absolute Gasteiger partial charge is 0 e. The quantitative estimate of drug-likeness (QED) is 0.684. The maximum absolute atomic E-state index is 3.33. The third-order valence-electron chi connectivity index (χ3n) is 2.15. The van der Waals surface area contributed by atoms with Crippen LogP contribution in [-0.4, -0.2) is 0 Å². The average molecular weight is 358 g/mol. The standard InChI is InChI=1S/C14H12.2Y/c1-11-8-12(2)10-14(9-11)13-6-4-3-5-7-13;;/h3-6,8-9H,1-2H3;;/q-2;;. The Morgan fingerprint density at radius 1 is 0.938 bits per heavy atom. The molecule has 0 nitrogen and oxygen atoms in total. The minimum atomic E-state index is 0. The van der Waals surface area contributed by atoms with Crippen LogP contribution in [0.15, 0.2) is 36.4 Å². The summed E-state index contributed by atoms with van der Waals surface area (Å²) in [5.74, 6) is 0. The number of rotatable bonds is 1. The van der Waals surface area contributed by atoms with Gasteiger partial charge in [0.15, 0.2) is 0 Å². The zero-order chi connectivity index (χ0) is 9.97. The van der Waals surface area contributed by atoms with Crippen LogP contribution in [0.25, 0.3) is 11.1 Å². The van der Waals surface area contributed by atoms with Crippen molar-refractivity contribution in [2.75, 3.05) is 0 Å². The van der Waals surface area contributed by atoms with Gasteiger partial charge in [0.2, 0.25) is 0 Å². The van der Waals surface area contributed by atoms with Crippen molar-refractivity contribution < 1.29 is 65.4 Å². The van der Waals surface area contributed by atoms with Gasteiger partial charge in [0, 0.05) is 65.4 Å². The maximum atomic E-state index is 3.33. The van der Waals surface area contributed by atoms with E-state index in [2.05, 4.69) is 44.2 Å².